The molecule has 0 aliphatic heterocycles. The number of aryl methyl sites for hydroxylation is 2. The number of rotatable bonds is 6. The van der Waals surface area contributed by atoms with Crippen LogP contribution in [0.3, 0.4) is 0 Å². The van der Waals surface area contributed by atoms with Gasteiger partial charge < -0.3 is 4.57 Å². The first-order chi connectivity index (χ1) is 11.4. The molecule has 0 atom stereocenters. The first-order valence-electron chi connectivity index (χ1n) is 8.16. The summed E-state index contributed by atoms with van der Waals surface area (Å²) in [7, 11) is -3.71. The molecule has 0 radical (unpaired) electrons. The highest BCUT2D eigenvalue weighted by atomic mass is 32.2. The number of aromatic nitrogens is 2. The van der Waals surface area contributed by atoms with Crippen LogP contribution in [0.4, 0.5) is 4.39 Å². The molecule has 1 aromatic carbocycles. The van der Waals surface area contributed by atoms with Crippen LogP contribution in [0.15, 0.2) is 29.3 Å². The lowest BCUT2D eigenvalue weighted by Crippen LogP contribution is -2.29. The van der Waals surface area contributed by atoms with E-state index in [1.54, 1.807) is 6.92 Å². The Bertz CT molecular complexity index is 842. The Kier molecular flexibility index (Phi) is 4.73. The maximum atomic E-state index is 13.6. The topological polar surface area (TPSA) is 64.0 Å². The summed E-state index contributed by atoms with van der Waals surface area (Å²) in [6, 6.07) is 3.95. The molecule has 0 unspecified atom stereocenters. The zero-order valence-corrected chi connectivity index (χ0v) is 14.7. The van der Waals surface area contributed by atoms with E-state index in [1.807, 2.05) is 13.1 Å². The van der Waals surface area contributed by atoms with Gasteiger partial charge in [-0.15, -0.1) is 0 Å². The second-order valence-corrected chi connectivity index (χ2v) is 8.11. The van der Waals surface area contributed by atoms with Crippen LogP contribution < -0.4 is 4.72 Å². The van der Waals surface area contributed by atoms with Gasteiger partial charge in [-0.2, -0.15) is 0 Å². The Morgan fingerprint density at radius 1 is 1.33 bits per heavy atom. The van der Waals surface area contributed by atoms with E-state index in [4.69, 9.17) is 0 Å². The summed E-state index contributed by atoms with van der Waals surface area (Å²) in [6.07, 6.45) is 5.34. The Labute approximate surface area is 142 Å². The normalized spacial score (nSPS) is 15.5. The molecule has 7 heteroatoms. The van der Waals surface area contributed by atoms with Gasteiger partial charge in [-0.25, -0.2) is 22.5 Å². The number of benzene rings is 1. The molecule has 0 bridgehead atoms. The first-order valence-corrected chi connectivity index (χ1v) is 9.64. The molecule has 0 amide bonds. The molecule has 1 aromatic heterocycles. The van der Waals surface area contributed by atoms with E-state index in [0.717, 1.165) is 30.4 Å². The van der Waals surface area contributed by atoms with Crippen LogP contribution in [-0.2, 0) is 16.6 Å². The number of nitrogens with one attached hydrogen (secondary N) is 1. The van der Waals surface area contributed by atoms with Crippen LogP contribution in [0.25, 0.3) is 0 Å². The van der Waals surface area contributed by atoms with Crippen LogP contribution >= 0.6 is 0 Å². The third-order valence-electron chi connectivity index (χ3n) is 4.64. The average molecular weight is 351 g/mol. The fourth-order valence-electron chi connectivity index (χ4n) is 2.88. The van der Waals surface area contributed by atoms with Crippen molar-refractivity contribution in [2.45, 2.75) is 50.5 Å². The number of hydrogen-bond donors (Lipinski definition) is 1. The number of imidazole rings is 1. The highest BCUT2D eigenvalue weighted by molar-refractivity contribution is 7.89. The molecular formula is C17H22FN3O2S. The van der Waals surface area contributed by atoms with E-state index in [9.17, 15) is 12.8 Å². The lowest BCUT2D eigenvalue weighted by Gasteiger charge is -2.26. The van der Waals surface area contributed by atoms with Gasteiger partial charge in [0.2, 0.25) is 10.0 Å². The van der Waals surface area contributed by atoms with Crippen LogP contribution in [0.2, 0.25) is 0 Å². The van der Waals surface area contributed by atoms with Crippen molar-refractivity contribution >= 4 is 10.0 Å². The molecule has 130 valence electrons. The third kappa shape index (κ3) is 3.37. The highest BCUT2D eigenvalue weighted by Crippen LogP contribution is 2.35. The van der Waals surface area contributed by atoms with E-state index in [0.29, 0.717) is 18.0 Å². The maximum Gasteiger partial charge on any atom is 0.240 e. The minimum Gasteiger partial charge on any atom is -0.331 e. The van der Waals surface area contributed by atoms with Crippen LogP contribution in [0.1, 0.15) is 42.3 Å². The lowest BCUT2D eigenvalue weighted by atomic mass is 9.85. The van der Waals surface area contributed by atoms with Crippen molar-refractivity contribution in [3.05, 3.63) is 47.3 Å². The zero-order chi connectivity index (χ0) is 17.3. The second kappa shape index (κ2) is 6.64. The van der Waals surface area contributed by atoms with Gasteiger partial charge in [0.15, 0.2) is 0 Å². The van der Waals surface area contributed by atoms with Crippen molar-refractivity contribution in [2.75, 3.05) is 6.54 Å². The first kappa shape index (κ1) is 17.1. The Balaban J connectivity index is 1.67. The molecule has 0 spiro atoms. The van der Waals surface area contributed by atoms with Crippen LogP contribution in [0, 0.1) is 19.7 Å². The molecule has 3 rings (SSSR count). The standard InChI is InChI=1S/C17H22FN3O2S/c1-12-6-7-15(10-16(12)18)24(22,23)20-8-9-21-13(2)11-19-17(21)14-4-3-5-14/h6-7,10-11,14,20H,3-5,8-9H2,1-2H3. The van der Waals surface area contributed by atoms with Gasteiger partial charge in [-0.1, -0.05) is 12.5 Å². The second-order valence-electron chi connectivity index (χ2n) is 6.35. The lowest BCUT2D eigenvalue weighted by molar-refractivity contribution is 0.385. The van der Waals surface area contributed by atoms with E-state index in [1.165, 1.54) is 18.6 Å². The summed E-state index contributed by atoms with van der Waals surface area (Å²) in [5, 5.41) is 0. The summed E-state index contributed by atoms with van der Waals surface area (Å²) in [6.45, 7) is 4.34. The van der Waals surface area contributed by atoms with Crippen molar-refractivity contribution in [2.24, 2.45) is 0 Å². The Hall–Kier alpha value is -1.73. The SMILES string of the molecule is Cc1ccc(S(=O)(=O)NCCn2c(C)cnc2C2CCC2)cc1F. The Morgan fingerprint density at radius 3 is 2.71 bits per heavy atom. The van der Waals surface area contributed by atoms with E-state index < -0.39 is 15.8 Å². The summed E-state index contributed by atoms with van der Waals surface area (Å²) in [4.78, 5) is 4.42. The predicted molar refractivity (Wildman–Crippen MR) is 89.9 cm³/mol. The van der Waals surface area contributed by atoms with Crippen LogP contribution in [-0.4, -0.2) is 24.5 Å². The molecule has 1 saturated carbocycles. The molecular weight excluding hydrogens is 329 g/mol. The van der Waals surface area contributed by atoms with Crippen molar-refractivity contribution < 1.29 is 12.8 Å². The molecule has 5 nitrogen and oxygen atoms in total. The zero-order valence-electron chi connectivity index (χ0n) is 13.9. The smallest absolute Gasteiger partial charge is 0.240 e. The van der Waals surface area contributed by atoms with Crippen molar-refractivity contribution in [3.63, 3.8) is 0 Å². The van der Waals surface area contributed by atoms with Gasteiger partial charge in [-0.3, -0.25) is 0 Å². The van der Waals surface area contributed by atoms with Gasteiger partial charge in [0.1, 0.15) is 11.6 Å². The van der Waals surface area contributed by atoms with Gasteiger partial charge in [-0.05, 0) is 44.4 Å². The van der Waals surface area contributed by atoms with Crippen LogP contribution in [0.5, 0.6) is 0 Å². The molecule has 24 heavy (non-hydrogen) atoms. The summed E-state index contributed by atoms with van der Waals surface area (Å²) in [5.74, 6) is 1.01. The Morgan fingerprint density at radius 2 is 2.08 bits per heavy atom. The predicted octanol–water partition coefficient (Wildman–Crippen LogP) is 2.89. The summed E-state index contributed by atoms with van der Waals surface area (Å²) >= 11 is 0. The van der Waals surface area contributed by atoms with Crippen molar-refractivity contribution in [3.8, 4) is 0 Å². The fraction of sp³-hybridized carbons (Fsp3) is 0.471. The number of halogens is 1. The van der Waals surface area contributed by atoms with Gasteiger partial charge >= 0.3 is 0 Å². The molecule has 1 heterocycles. The average Bonchev–Trinajstić information content (AvgIpc) is 2.82. The van der Waals surface area contributed by atoms with Gasteiger partial charge in [0, 0.05) is 30.9 Å². The summed E-state index contributed by atoms with van der Waals surface area (Å²) in [5.41, 5.74) is 1.45. The van der Waals surface area contributed by atoms with Gasteiger partial charge in [0.05, 0.1) is 4.90 Å². The van der Waals surface area contributed by atoms with Crippen molar-refractivity contribution in [1.29, 1.82) is 0 Å². The molecule has 1 fully saturated rings. The summed E-state index contributed by atoms with van der Waals surface area (Å²) < 4.78 is 42.8. The number of sulfonamides is 1. The molecule has 2 aromatic rings. The number of nitrogens with zero attached hydrogens (tertiary/aromatic N) is 2. The third-order valence-corrected chi connectivity index (χ3v) is 6.10. The van der Waals surface area contributed by atoms with Gasteiger partial charge in [0.25, 0.3) is 0 Å². The van der Waals surface area contributed by atoms with Crippen molar-refractivity contribution in [1.82, 2.24) is 14.3 Å². The van der Waals surface area contributed by atoms with E-state index in [-0.39, 0.29) is 11.4 Å². The largest absolute Gasteiger partial charge is 0.331 e. The fourth-order valence-corrected chi connectivity index (χ4v) is 3.91. The molecule has 1 aliphatic rings. The van der Waals surface area contributed by atoms with E-state index in [2.05, 4.69) is 14.3 Å². The minimum absolute atomic E-state index is 0.0489. The highest BCUT2D eigenvalue weighted by Gasteiger charge is 2.25. The van der Waals surface area contributed by atoms with E-state index >= 15 is 0 Å². The minimum atomic E-state index is -3.71. The molecule has 1 aliphatic carbocycles. The maximum absolute atomic E-state index is 13.6. The quantitative estimate of drug-likeness (QED) is 0.870. The number of hydrogen-bond acceptors (Lipinski definition) is 3. The molecule has 1 N–H and O–H groups in total. The molecule has 0 saturated heterocycles. The monoisotopic (exact) mass is 351 g/mol.